The fourth-order valence-corrected chi connectivity index (χ4v) is 3.21. The van der Waals surface area contributed by atoms with E-state index in [1.165, 1.54) is 0 Å². The number of benzene rings is 1. The van der Waals surface area contributed by atoms with Gasteiger partial charge in [-0.2, -0.15) is 13.2 Å². The third-order valence-electron chi connectivity index (χ3n) is 4.65. The maximum absolute atomic E-state index is 12.5. The van der Waals surface area contributed by atoms with Crippen molar-refractivity contribution in [1.29, 1.82) is 0 Å². The molecule has 150 valence electrons. The molecule has 1 fully saturated rings. The van der Waals surface area contributed by atoms with Gasteiger partial charge in [-0.1, -0.05) is 18.2 Å². The van der Waals surface area contributed by atoms with Gasteiger partial charge < -0.3 is 15.0 Å². The summed E-state index contributed by atoms with van der Waals surface area (Å²) in [5.41, 5.74) is 0.471. The van der Waals surface area contributed by atoms with Crippen molar-refractivity contribution in [3.05, 3.63) is 35.9 Å². The predicted octanol–water partition coefficient (Wildman–Crippen LogP) is 3.01. The highest BCUT2D eigenvalue weighted by atomic mass is 19.4. The summed E-state index contributed by atoms with van der Waals surface area (Å²) in [6.07, 6.45) is -4.37. The summed E-state index contributed by atoms with van der Waals surface area (Å²) in [6, 6.07) is 8.13. The van der Waals surface area contributed by atoms with Crippen LogP contribution >= 0.6 is 0 Å². The topological polar surface area (TPSA) is 58.6 Å². The van der Waals surface area contributed by atoms with Crippen LogP contribution in [0.4, 0.5) is 13.2 Å². The Bertz CT molecular complexity index is 622. The van der Waals surface area contributed by atoms with Crippen LogP contribution in [0.5, 0.6) is 0 Å². The second-order valence-corrected chi connectivity index (χ2v) is 6.59. The first kappa shape index (κ1) is 21.2. The zero-order chi connectivity index (χ0) is 19.9. The van der Waals surface area contributed by atoms with Gasteiger partial charge in [-0.25, -0.2) is 0 Å². The molecule has 1 N–H and O–H groups in total. The van der Waals surface area contributed by atoms with Gasteiger partial charge in [0.25, 0.3) is 5.91 Å². The fraction of sp³-hybridized carbons (Fsp3) is 0.579. The Morgan fingerprint density at radius 2 is 1.85 bits per heavy atom. The molecule has 2 rings (SSSR count). The van der Waals surface area contributed by atoms with Crippen LogP contribution < -0.4 is 5.32 Å². The van der Waals surface area contributed by atoms with Crippen molar-refractivity contribution in [3.8, 4) is 0 Å². The highest BCUT2D eigenvalue weighted by Crippen LogP contribution is 2.24. The van der Waals surface area contributed by atoms with Gasteiger partial charge in [0, 0.05) is 24.7 Å². The van der Waals surface area contributed by atoms with Crippen molar-refractivity contribution in [3.63, 3.8) is 0 Å². The SMILES string of the molecule is CCOC(=O)[C@@H]1CCN(CCC(F)(F)F)CC[C@@H]1NC(=O)c1ccccc1. The second-order valence-electron chi connectivity index (χ2n) is 6.59. The number of likely N-dealkylation sites (tertiary alicyclic amines) is 1. The van der Waals surface area contributed by atoms with Crippen LogP contribution in [0.25, 0.3) is 0 Å². The molecule has 27 heavy (non-hydrogen) atoms. The van der Waals surface area contributed by atoms with Crippen LogP contribution in [-0.4, -0.2) is 55.2 Å². The van der Waals surface area contributed by atoms with Crippen LogP contribution in [0.2, 0.25) is 0 Å². The number of hydrogen-bond donors (Lipinski definition) is 1. The minimum Gasteiger partial charge on any atom is -0.466 e. The number of nitrogens with one attached hydrogen (secondary N) is 1. The van der Waals surface area contributed by atoms with Crippen LogP contribution in [-0.2, 0) is 9.53 Å². The monoisotopic (exact) mass is 386 g/mol. The van der Waals surface area contributed by atoms with E-state index in [4.69, 9.17) is 4.74 Å². The van der Waals surface area contributed by atoms with Crippen LogP contribution in [0, 0.1) is 5.92 Å². The van der Waals surface area contributed by atoms with E-state index in [9.17, 15) is 22.8 Å². The molecule has 1 amide bonds. The molecule has 5 nitrogen and oxygen atoms in total. The van der Waals surface area contributed by atoms with Gasteiger partial charge in [-0.3, -0.25) is 9.59 Å². The highest BCUT2D eigenvalue weighted by molar-refractivity contribution is 5.94. The largest absolute Gasteiger partial charge is 0.466 e. The first-order chi connectivity index (χ1) is 12.8. The van der Waals surface area contributed by atoms with E-state index >= 15 is 0 Å². The predicted molar refractivity (Wildman–Crippen MR) is 94.2 cm³/mol. The van der Waals surface area contributed by atoms with Crippen molar-refractivity contribution >= 4 is 11.9 Å². The first-order valence-electron chi connectivity index (χ1n) is 9.12. The summed E-state index contributed by atoms with van der Waals surface area (Å²) in [5.74, 6) is -1.30. The number of rotatable bonds is 6. The van der Waals surface area contributed by atoms with E-state index in [2.05, 4.69) is 5.32 Å². The number of nitrogens with zero attached hydrogens (tertiary/aromatic N) is 1. The Hall–Kier alpha value is -2.09. The molecule has 1 saturated heterocycles. The third-order valence-corrected chi connectivity index (χ3v) is 4.65. The smallest absolute Gasteiger partial charge is 0.390 e. The average molecular weight is 386 g/mol. The van der Waals surface area contributed by atoms with Gasteiger partial charge >= 0.3 is 12.1 Å². The molecule has 0 unspecified atom stereocenters. The molecule has 1 aromatic carbocycles. The van der Waals surface area contributed by atoms with E-state index in [-0.39, 0.29) is 19.1 Å². The van der Waals surface area contributed by atoms with Crippen molar-refractivity contribution in [2.24, 2.45) is 5.92 Å². The lowest BCUT2D eigenvalue weighted by Crippen LogP contribution is -2.44. The van der Waals surface area contributed by atoms with E-state index < -0.39 is 30.5 Å². The van der Waals surface area contributed by atoms with E-state index in [0.29, 0.717) is 31.5 Å². The first-order valence-corrected chi connectivity index (χ1v) is 9.12. The van der Waals surface area contributed by atoms with Crippen molar-refractivity contribution < 1.29 is 27.5 Å². The molecule has 0 radical (unpaired) electrons. The van der Waals surface area contributed by atoms with Gasteiger partial charge in [0.05, 0.1) is 18.9 Å². The number of esters is 1. The molecule has 1 aliphatic rings. The van der Waals surface area contributed by atoms with E-state index in [1.807, 2.05) is 0 Å². The molecule has 1 aromatic rings. The molecule has 8 heteroatoms. The molecule has 1 heterocycles. The number of amides is 1. The lowest BCUT2D eigenvalue weighted by molar-refractivity contribution is -0.149. The van der Waals surface area contributed by atoms with Gasteiger partial charge in [0.1, 0.15) is 0 Å². The Morgan fingerprint density at radius 1 is 1.19 bits per heavy atom. The Labute approximate surface area is 156 Å². The number of alkyl halides is 3. The normalized spacial score (nSPS) is 21.3. The van der Waals surface area contributed by atoms with Gasteiger partial charge in [0.15, 0.2) is 0 Å². The number of carbonyl (C=O) groups is 2. The van der Waals surface area contributed by atoms with Gasteiger partial charge in [-0.05, 0) is 38.4 Å². The number of carbonyl (C=O) groups excluding carboxylic acids is 2. The second kappa shape index (κ2) is 9.73. The zero-order valence-corrected chi connectivity index (χ0v) is 15.3. The summed E-state index contributed by atoms with van der Waals surface area (Å²) < 4.78 is 42.6. The molecular formula is C19H25F3N2O3. The standard InChI is InChI=1S/C19H25F3N2O3/c1-2-27-18(26)15-8-11-24(13-10-19(20,21)22)12-9-16(15)23-17(25)14-6-4-3-5-7-14/h3-7,15-16H,2,8-13H2,1H3,(H,23,25)/t15-,16+/m1/s1. The minimum absolute atomic E-state index is 0.113. The number of ether oxygens (including phenoxy) is 1. The highest BCUT2D eigenvalue weighted by Gasteiger charge is 2.35. The summed E-state index contributed by atoms with van der Waals surface area (Å²) >= 11 is 0. The maximum Gasteiger partial charge on any atom is 0.390 e. The molecule has 0 aliphatic carbocycles. The van der Waals surface area contributed by atoms with E-state index in [0.717, 1.165) is 0 Å². The minimum atomic E-state index is -4.21. The molecule has 0 spiro atoms. The average Bonchev–Trinajstić information content (AvgIpc) is 2.83. The number of hydrogen-bond acceptors (Lipinski definition) is 4. The summed E-state index contributed by atoms with van der Waals surface area (Å²) in [4.78, 5) is 26.5. The summed E-state index contributed by atoms with van der Waals surface area (Å²) in [5, 5.41) is 2.87. The summed E-state index contributed by atoms with van der Waals surface area (Å²) in [6.45, 7) is 2.54. The summed E-state index contributed by atoms with van der Waals surface area (Å²) in [7, 11) is 0. The Kier molecular flexibility index (Phi) is 7.65. The van der Waals surface area contributed by atoms with Gasteiger partial charge in [0.2, 0.25) is 0 Å². The maximum atomic E-state index is 12.5. The Balaban J connectivity index is 2.06. The molecule has 1 aliphatic heterocycles. The lowest BCUT2D eigenvalue weighted by atomic mass is 9.94. The van der Waals surface area contributed by atoms with E-state index in [1.54, 1.807) is 42.2 Å². The number of halogens is 3. The van der Waals surface area contributed by atoms with Gasteiger partial charge in [-0.15, -0.1) is 0 Å². The van der Waals surface area contributed by atoms with Crippen molar-refractivity contribution in [2.45, 2.75) is 38.4 Å². The molecule has 0 aromatic heterocycles. The molecular weight excluding hydrogens is 361 g/mol. The van der Waals surface area contributed by atoms with Crippen molar-refractivity contribution in [2.75, 3.05) is 26.2 Å². The third kappa shape index (κ3) is 6.86. The molecule has 0 bridgehead atoms. The van der Waals surface area contributed by atoms with Crippen LogP contribution in [0.15, 0.2) is 30.3 Å². The fourth-order valence-electron chi connectivity index (χ4n) is 3.21. The van der Waals surface area contributed by atoms with Crippen LogP contribution in [0.3, 0.4) is 0 Å². The zero-order valence-electron chi connectivity index (χ0n) is 15.3. The lowest BCUT2D eigenvalue weighted by Gasteiger charge is -2.24. The molecule has 0 saturated carbocycles. The molecule has 2 atom stereocenters. The van der Waals surface area contributed by atoms with Crippen molar-refractivity contribution in [1.82, 2.24) is 10.2 Å². The quantitative estimate of drug-likeness (QED) is 0.764. The van der Waals surface area contributed by atoms with Crippen LogP contribution in [0.1, 0.15) is 36.5 Å². The Morgan fingerprint density at radius 3 is 2.48 bits per heavy atom.